The van der Waals surface area contributed by atoms with Crippen LogP contribution in [0.4, 0.5) is 4.39 Å². The number of rotatable bonds is 4. The maximum Gasteiger partial charge on any atom is 0.237 e. The highest BCUT2D eigenvalue weighted by Gasteiger charge is 2.19. The Morgan fingerprint density at radius 2 is 1.76 bits per heavy atom. The summed E-state index contributed by atoms with van der Waals surface area (Å²) in [6, 6.07) is 5.37. The van der Waals surface area contributed by atoms with Gasteiger partial charge in [0.1, 0.15) is 5.82 Å². The number of amides is 1. The standard InChI is InChI=1S/C13H19FN2O/c1-8(2)12(15)13(17)16-9(3)10-4-6-11(14)7-5-10/h4-9,12H,15H2,1-3H3,(H,16,17). The minimum Gasteiger partial charge on any atom is -0.348 e. The van der Waals surface area contributed by atoms with Crippen LogP contribution in [0.15, 0.2) is 24.3 Å². The van der Waals surface area contributed by atoms with Crippen LogP contribution in [0.3, 0.4) is 0 Å². The smallest absolute Gasteiger partial charge is 0.237 e. The van der Waals surface area contributed by atoms with Gasteiger partial charge in [-0.15, -0.1) is 0 Å². The van der Waals surface area contributed by atoms with E-state index in [0.29, 0.717) is 0 Å². The van der Waals surface area contributed by atoms with E-state index in [1.165, 1.54) is 12.1 Å². The molecule has 3 nitrogen and oxygen atoms in total. The summed E-state index contributed by atoms with van der Waals surface area (Å²) in [4.78, 5) is 11.7. The molecule has 2 atom stereocenters. The third kappa shape index (κ3) is 3.82. The van der Waals surface area contributed by atoms with Gasteiger partial charge in [-0.3, -0.25) is 4.79 Å². The van der Waals surface area contributed by atoms with Crippen molar-refractivity contribution < 1.29 is 9.18 Å². The topological polar surface area (TPSA) is 55.1 Å². The van der Waals surface area contributed by atoms with Gasteiger partial charge in [0, 0.05) is 0 Å². The molecule has 0 aliphatic heterocycles. The summed E-state index contributed by atoms with van der Waals surface area (Å²) in [6.07, 6.45) is 0. The lowest BCUT2D eigenvalue weighted by molar-refractivity contribution is -0.123. The highest BCUT2D eigenvalue weighted by molar-refractivity contribution is 5.82. The van der Waals surface area contributed by atoms with Crippen molar-refractivity contribution in [1.82, 2.24) is 5.32 Å². The molecule has 2 unspecified atom stereocenters. The molecule has 0 saturated carbocycles. The number of halogens is 1. The molecule has 4 heteroatoms. The van der Waals surface area contributed by atoms with Crippen LogP contribution >= 0.6 is 0 Å². The molecule has 0 aromatic heterocycles. The Kier molecular flexibility index (Phi) is 4.63. The largest absolute Gasteiger partial charge is 0.348 e. The van der Waals surface area contributed by atoms with Crippen LogP contribution in [-0.2, 0) is 4.79 Å². The number of hydrogen-bond acceptors (Lipinski definition) is 2. The molecule has 1 rings (SSSR count). The first-order chi connectivity index (χ1) is 7.91. The van der Waals surface area contributed by atoms with Gasteiger partial charge in [0.2, 0.25) is 5.91 Å². The summed E-state index contributed by atoms with van der Waals surface area (Å²) in [7, 11) is 0. The highest BCUT2D eigenvalue weighted by atomic mass is 19.1. The molecule has 0 radical (unpaired) electrons. The van der Waals surface area contributed by atoms with Gasteiger partial charge < -0.3 is 11.1 Å². The van der Waals surface area contributed by atoms with Crippen molar-refractivity contribution in [3.8, 4) is 0 Å². The summed E-state index contributed by atoms with van der Waals surface area (Å²) in [5.74, 6) is -0.376. The quantitative estimate of drug-likeness (QED) is 0.842. The predicted octanol–water partition coefficient (Wildman–Crippen LogP) is 1.99. The van der Waals surface area contributed by atoms with E-state index in [1.54, 1.807) is 12.1 Å². The molecule has 0 heterocycles. The third-order valence-electron chi connectivity index (χ3n) is 2.75. The minimum absolute atomic E-state index is 0.0930. The fraction of sp³-hybridized carbons (Fsp3) is 0.462. The lowest BCUT2D eigenvalue weighted by Gasteiger charge is -2.19. The third-order valence-corrected chi connectivity index (χ3v) is 2.75. The lowest BCUT2D eigenvalue weighted by atomic mass is 10.0. The molecule has 0 spiro atoms. The minimum atomic E-state index is -0.516. The van der Waals surface area contributed by atoms with Crippen LogP contribution in [0.5, 0.6) is 0 Å². The molecule has 0 aliphatic rings. The van der Waals surface area contributed by atoms with Crippen molar-refractivity contribution in [2.24, 2.45) is 11.7 Å². The van der Waals surface area contributed by atoms with Crippen molar-refractivity contribution in [2.45, 2.75) is 32.9 Å². The second-order valence-electron chi connectivity index (χ2n) is 4.55. The van der Waals surface area contributed by atoms with E-state index in [2.05, 4.69) is 5.32 Å². The Morgan fingerprint density at radius 3 is 2.24 bits per heavy atom. The first-order valence-electron chi connectivity index (χ1n) is 5.73. The first kappa shape index (κ1) is 13.6. The number of carbonyl (C=O) groups excluding carboxylic acids is 1. The molecular weight excluding hydrogens is 219 g/mol. The second-order valence-corrected chi connectivity index (χ2v) is 4.55. The van der Waals surface area contributed by atoms with Crippen LogP contribution in [0.2, 0.25) is 0 Å². The van der Waals surface area contributed by atoms with E-state index >= 15 is 0 Å². The Hall–Kier alpha value is -1.42. The summed E-state index contributed by atoms with van der Waals surface area (Å²) in [6.45, 7) is 5.64. The second kappa shape index (κ2) is 5.77. The van der Waals surface area contributed by atoms with Crippen LogP contribution in [-0.4, -0.2) is 11.9 Å². The van der Waals surface area contributed by atoms with Gasteiger partial charge in [-0.1, -0.05) is 26.0 Å². The SMILES string of the molecule is CC(NC(=O)C(N)C(C)C)c1ccc(F)cc1. The average Bonchev–Trinajstić information content (AvgIpc) is 2.28. The fourth-order valence-electron chi connectivity index (χ4n) is 1.45. The van der Waals surface area contributed by atoms with E-state index in [-0.39, 0.29) is 23.7 Å². The van der Waals surface area contributed by atoms with Gasteiger partial charge in [-0.25, -0.2) is 4.39 Å². The maximum absolute atomic E-state index is 12.7. The zero-order valence-corrected chi connectivity index (χ0v) is 10.4. The zero-order chi connectivity index (χ0) is 13.0. The van der Waals surface area contributed by atoms with Crippen molar-refractivity contribution in [3.63, 3.8) is 0 Å². The average molecular weight is 238 g/mol. The van der Waals surface area contributed by atoms with Gasteiger partial charge in [0.15, 0.2) is 0 Å². The van der Waals surface area contributed by atoms with Crippen molar-refractivity contribution in [3.05, 3.63) is 35.6 Å². The monoisotopic (exact) mass is 238 g/mol. The number of hydrogen-bond donors (Lipinski definition) is 2. The Labute approximate surface area is 101 Å². The number of benzene rings is 1. The van der Waals surface area contributed by atoms with E-state index in [0.717, 1.165) is 5.56 Å². The molecule has 1 aromatic carbocycles. The fourth-order valence-corrected chi connectivity index (χ4v) is 1.45. The molecule has 3 N–H and O–H groups in total. The summed E-state index contributed by atoms with van der Waals surface area (Å²) >= 11 is 0. The Bertz CT molecular complexity index is 376. The number of carbonyl (C=O) groups is 1. The van der Waals surface area contributed by atoms with Crippen molar-refractivity contribution in [1.29, 1.82) is 0 Å². The maximum atomic E-state index is 12.7. The number of nitrogens with one attached hydrogen (secondary N) is 1. The molecule has 1 amide bonds. The van der Waals surface area contributed by atoms with Crippen molar-refractivity contribution in [2.75, 3.05) is 0 Å². The van der Waals surface area contributed by atoms with Gasteiger partial charge in [0.05, 0.1) is 12.1 Å². The number of nitrogens with two attached hydrogens (primary N) is 1. The van der Waals surface area contributed by atoms with Crippen LogP contribution in [0.25, 0.3) is 0 Å². The summed E-state index contributed by atoms with van der Waals surface area (Å²) in [5, 5.41) is 2.81. The van der Waals surface area contributed by atoms with E-state index < -0.39 is 6.04 Å². The Morgan fingerprint density at radius 1 is 1.24 bits per heavy atom. The Balaban J connectivity index is 2.63. The normalized spacial score (nSPS) is 14.5. The molecule has 0 fully saturated rings. The summed E-state index contributed by atoms with van der Waals surface area (Å²) in [5.41, 5.74) is 6.60. The molecule has 0 aliphatic carbocycles. The summed E-state index contributed by atoms with van der Waals surface area (Å²) < 4.78 is 12.7. The van der Waals surface area contributed by atoms with Gasteiger partial charge in [-0.2, -0.15) is 0 Å². The molecular formula is C13H19FN2O. The van der Waals surface area contributed by atoms with Crippen LogP contribution in [0.1, 0.15) is 32.4 Å². The zero-order valence-electron chi connectivity index (χ0n) is 10.4. The van der Waals surface area contributed by atoms with Crippen molar-refractivity contribution >= 4 is 5.91 Å². The van der Waals surface area contributed by atoms with E-state index in [1.807, 2.05) is 20.8 Å². The van der Waals surface area contributed by atoms with Gasteiger partial charge in [-0.05, 0) is 30.5 Å². The lowest BCUT2D eigenvalue weighted by Crippen LogP contribution is -2.44. The van der Waals surface area contributed by atoms with E-state index in [9.17, 15) is 9.18 Å². The molecule has 1 aromatic rings. The first-order valence-corrected chi connectivity index (χ1v) is 5.73. The van der Waals surface area contributed by atoms with Crippen LogP contribution in [0, 0.1) is 11.7 Å². The van der Waals surface area contributed by atoms with Crippen LogP contribution < -0.4 is 11.1 Å². The predicted molar refractivity (Wildman–Crippen MR) is 65.8 cm³/mol. The van der Waals surface area contributed by atoms with Gasteiger partial charge >= 0.3 is 0 Å². The highest BCUT2D eigenvalue weighted by Crippen LogP contribution is 2.13. The molecule has 0 bridgehead atoms. The molecule has 94 valence electrons. The molecule has 0 saturated heterocycles. The molecule has 17 heavy (non-hydrogen) atoms. The van der Waals surface area contributed by atoms with E-state index in [4.69, 9.17) is 5.73 Å². The van der Waals surface area contributed by atoms with Gasteiger partial charge in [0.25, 0.3) is 0 Å².